The van der Waals surface area contributed by atoms with Crippen molar-refractivity contribution >= 4 is 23.7 Å². The zero-order valence-electron chi connectivity index (χ0n) is 7.32. The first-order chi connectivity index (χ1) is 6.08. The van der Waals surface area contributed by atoms with E-state index in [-0.39, 0.29) is 11.9 Å². The van der Waals surface area contributed by atoms with Crippen LogP contribution in [-0.2, 0) is 0 Å². The van der Waals surface area contributed by atoms with Gasteiger partial charge in [-0.15, -0.1) is 0 Å². The second kappa shape index (κ2) is 4.08. The van der Waals surface area contributed by atoms with Crippen LogP contribution in [0.5, 0.6) is 0 Å². The van der Waals surface area contributed by atoms with Crippen LogP contribution in [0.4, 0.5) is 11.9 Å². The highest BCUT2D eigenvalue weighted by Gasteiger charge is 2.01. The van der Waals surface area contributed by atoms with Gasteiger partial charge in [0, 0.05) is 5.75 Å². The molecule has 70 valence electrons. The van der Waals surface area contributed by atoms with Crippen LogP contribution in [0.15, 0.2) is 17.3 Å². The third-order valence-electron chi connectivity index (χ3n) is 1.10. The predicted octanol–water partition coefficient (Wildman–Crippen LogP) is 0.704. The molecule has 0 spiro atoms. The van der Waals surface area contributed by atoms with E-state index in [1.165, 1.54) is 11.8 Å². The number of anilines is 2. The summed E-state index contributed by atoms with van der Waals surface area (Å²) in [6, 6.07) is 0. The summed E-state index contributed by atoms with van der Waals surface area (Å²) < 4.78 is 0. The number of hydrogen-bond acceptors (Lipinski definition) is 6. The molecule has 0 radical (unpaired) electrons. The van der Waals surface area contributed by atoms with Crippen molar-refractivity contribution in [1.82, 2.24) is 15.0 Å². The highest BCUT2D eigenvalue weighted by molar-refractivity contribution is 7.99. The first-order valence-corrected chi connectivity index (χ1v) is 4.60. The van der Waals surface area contributed by atoms with E-state index in [0.29, 0.717) is 5.16 Å². The molecule has 0 fully saturated rings. The van der Waals surface area contributed by atoms with Crippen LogP contribution in [0, 0.1) is 0 Å². The van der Waals surface area contributed by atoms with E-state index < -0.39 is 0 Å². The molecule has 1 heterocycles. The Morgan fingerprint density at radius 3 is 2.31 bits per heavy atom. The summed E-state index contributed by atoms with van der Waals surface area (Å²) in [5.41, 5.74) is 11.8. The summed E-state index contributed by atoms with van der Waals surface area (Å²) >= 11 is 1.44. The zero-order valence-corrected chi connectivity index (χ0v) is 8.14. The van der Waals surface area contributed by atoms with Gasteiger partial charge in [0.05, 0.1) is 0 Å². The Balaban J connectivity index is 2.71. The van der Waals surface area contributed by atoms with Crippen LogP contribution in [-0.4, -0.2) is 20.7 Å². The Morgan fingerprint density at radius 1 is 1.31 bits per heavy atom. The third-order valence-corrected chi connectivity index (χ3v) is 2.18. The molecule has 0 aliphatic rings. The minimum atomic E-state index is 0.150. The van der Waals surface area contributed by atoms with Crippen LogP contribution in [0.25, 0.3) is 0 Å². The highest BCUT2D eigenvalue weighted by atomic mass is 32.2. The Labute approximate surface area is 80.7 Å². The van der Waals surface area contributed by atoms with Gasteiger partial charge in [0.1, 0.15) is 0 Å². The number of nitrogen functional groups attached to an aromatic ring is 2. The molecule has 1 aromatic rings. The van der Waals surface area contributed by atoms with Crippen molar-refractivity contribution < 1.29 is 0 Å². The summed E-state index contributed by atoms with van der Waals surface area (Å²) in [4.78, 5) is 11.5. The zero-order chi connectivity index (χ0) is 9.84. The molecule has 0 unspecified atom stereocenters. The first kappa shape index (κ1) is 9.79. The summed E-state index contributed by atoms with van der Waals surface area (Å²) in [6.45, 7) is 5.69. The number of aromatic nitrogens is 3. The van der Waals surface area contributed by atoms with Crippen molar-refractivity contribution in [3.8, 4) is 0 Å². The van der Waals surface area contributed by atoms with E-state index in [4.69, 9.17) is 11.5 Å². The van der Waals surface area contributed by atoms with E-state index in [0.717, 1.165) is 11.3 Å². The fourth-order valence-corrected chi connectivity index (χ4v) is 1.33. The second-order valence-electron chi connectivity index (χ2n) is 2.58. The van der Waals surface area contributed by atoms with Crippen LogP contribution >= 0.6 is 11.8 Å². The molecule has 0 saturated heterocycles. The minimum absolute atomic E-state index is 0.150. The maximum Gasteiger partial charge on any atom is 0.225 e. The normalized spacial score (nSPS) is 9.92. The summed E-state index contributed by atoms with van der Waals surface area (Å²) in [6.07, 6.45) is 0. The monoisotopic (exact) mass is 197 g/mol. The van der Waals surface area contributed by atoms with E-state index in [2.05, 4.69) is 21.5 Å². The van der Waals surface area contributed by atoms with Gasteiger partial charge in [-0.05, 0) is 6.92 Å². The van der Waals surface area contributed by atoms with Gasteiger partial charge in [-0.2, -0.15) is 15.0 Å². The number of thioether (sulfide) groups is 1. The molecule has 1 rings (SSSR count). The average Bonchev–Trinajstić information content (AvgIpc) is 1.99. The van der Waals surface area contributed by atoms with Gasteiger partial charge < -0.3 is 11.5 Å². The SMILES string of the molecule is C=C(C)CSc1nc(N)nc(N)n1. The number of hydrogen-bond donors (Lipinski definition) is 2. The molecule has 13 heavy (non-hydrogen) atoms. The minimum Gasteiger partial charge on any atom is -0.368 e. The van der Waals surface area contributed by atoms with Gasteiger partial charge in [0.2, 0.25) is 11.9 Å². The van der Waals surface area contributed by atoms with Gasteiger partial charge in [0.25, 0.3) is 0 Å². The Bertz CT molecular complexity index is 304. The maximum absolute atomic E-state index is 5.39. The van der Waals surface area contributed by atoms with Crippen molar-refractivity contribution in [2.75, 3.05) is 17.2 Å². The highest BCUT2D eigenvalue weighted by Crippen LogP contribution is 2.16. The molecule has 5 nitrogen and oxygen atoms in total. The van der Waals surface area contributed by atoms with Crippen molar-refractivity contribution in [3.05, 3.63) is 12.2 Å². The molecule has 0 saturated carbocycles. The molecule has 0 aromatic carbocycles. The summed E-state index contributed by atoms with van der Waals surface area (Å²) in [5.74, 6) is 1.05. The Hall–Kier alpha value is -1.30. The smallest absolute Gasteiger partial charge is 0.225 e. The van der Waals surface area contributed by atoms with Crippen LogP contribution < -0.4 is 11.5 Å². The summed E-state index contributed by atoms with van der Waals surface area (Å²) in [7, 11) is 0. The van der Waals surface area contributed by atoms with Gasteiger partial charge in [0.15, 0.2) is 5.16 Å². The van der Waals surface area contributed by atoms with E-state index in [9.17, 15) is 0 Å². The lowest BCUT2D eigenvalue weighted by Crippen LogP contribution is -2.03. The van der Waals surface area contributed by atoms with Crippen molar-refractivity contribution in [3.63, 3.8) is 0 Å². The molecule has 6 heteroatoms. The molecule has 0 aliphatic heterocycles. The van der Waals surface area contributed by atoms with Gasteiger partial charge >= 0.3 is 0 Å². The van der Waals surface area contributed by atoms with E-state index >= 15 is 0 Å². The molecule has 1 aromatic heterocycles. The molecule has 0 bridgehead atoms. The number of nitrogens with zero attached hydrogens (tertiary/aromatic N) is 3. The van der Waals surface area contributed by atoms with Crippen molar-refractivity contribution in [1.29, 1.82) is 0 Å². The Morgan fingerprint density at radius 2 is 1.85 bits per heavy atom. The lowest BCUT2D eigenvalue weighted by Gasteiger charge is -2.00. The lowest BCUT2D eigenvalue weighted by atomic mass is 10.4. The molecule has 4 N–H and O–H groups in total. The van der Waals surface area contributed by atoms with Crippen molar-refractivity contribution in [2.45, 2.75) is 12.1 Å². The van der Waals surface area contributed by atoms with Crippen LogP contribution in [0.2, 0.25) is 0 Å². The quantitative estimate of drug-likeness (QED) is 0.547. The van der Waals surface area contributed by atoms with Gasteiger partial charge in [-0.25, -0.2) is 0 Å². The lowest BCUT2D eigenvalue weighted by molar-refractivity contribution is 0.930. The fourth-order valence-electron chi connectivity index (χ4n) is 0.641. The molecule has 0 amide bonds. The largest absolute Gasteiger partial charge is 0.368 e. The van der Waals surface area contributed by atoms with Crippen LogP contribution in [0.1, 0.15) is 6.92 Å². The number of rotatable bonds is 3. The molecular formula is C7H11N5S. The number of nitrogens with two attached hydrogens (primary N) is 2. The second-order valence-corrected chi connectivity index (χ2v) is 3.52. The standard InChI is InChI=1S/C7H11N5S/c1-4(2)3-13-7-11-5(8)10-6(9)12-7/h1,3H2,2H3,(H4,8,9,10,11,12). The van der Waals surface area contributed by atoms with Gasteiger partial charge in [-0.3, -0.25) is 0 Å². The molecular weight excluding hydrogens is 186 g/mol. The van der Waals surface area contributed by atoms with E-state index in [1.807, 2.05) is 6.92 Å². The van der Waals surface area contributed by atoms with Crippen LogP contribution in [0.3, 0.4) is 0 Å². The maximum atomic E-state index is 5.39. The van der Waals surface area contributed by atoms with E-state index in [1.54, 1.807) is 0 Å². The predicted molar refractivity (Wildman–Crippen MR) is 54.2 cm³/mol. The fraction of sp³-hybridized carbons (Fsp3) is 0.286. The first-order valence-electron chi connectivity index (χ1n) is 3.62. The molecule has 0 aliphatic carbocycles. The topological polar surface area (TPSA) is 90.7 Å². The third kappa shape index (κ3) is 3.29. The molecule has 0 atom stereocenters. The summed E-state index contributed by atoms with van der Waals surface area (Å²) in [5, 5.41) is 0.535. The average molecular weight is 197 g/mol. The Kier molecular flexibility index (Phi) is 3.07. The van der Waals surface area contributed by atoms with Gasteiger partial charge in [-0.1, -0.05) is 23.9 Å². The van der Waals surface area contributed by atoms with Crippen molar-refractivity contribution in [2.24, 2.45) is 0 Å².